The molecule has 1 heterocycles. The van der Waals surface area contributed by atoms with Crippen molar-refractivity contribution in [2.75, 3.05) is 20.2 Å². The predicted octanol–water partition coefficient (Wildman–Crippen LogP) is 2.73. The topological polar surface area (TPSA) is 46.6 Å². The van der Waals surface area contributed by atoms with Crippen molar-refractivity contribution in [3.63, 3.8) is 0 Å². The van der Waals surface area contributed by atoms with E-state index in [0.717, 1.165) is 12.1 Å². The van der Waals surface area contributed by atoms with Crippen molar-refractivity contribution in [2.24, 2.45) is 5.92 Å². The molecule has 0 unspecified atom stereocenters. The van der Waals surface area contributed by atoms with Gasteiger partial charge >= 0.3 is 12.1 Å². The molecule has 1 aromatic carbocycles. The number of likely N-dealkylation sites (tertiary alicyclic amines) is 1. The molecule has 120 valence electrons. The largest absolute Gasteiger partial charge is 0.469 e. The fourth-order valence-corrected chi connectivity index (χ4v) is 2.50. The maximum Gasteiger partial charge on any atom is 0.416 e. The van der Waals surface area contributed by atoms with E-state index in [1.807, 2.05) is 0 Å². The molecule has 0 radical (unpaired) electrons. The van der Waals surface area contributed by atoms with Gasteiger partial charge in [-0.05, 0) is 31.0 Å². The van der Waals surface area contributed by atoms with E-state index in [2.05, 4.69) is 4.74 Å². The van der Waals surface area contributed by atoms with Crippen LogP contribution in [0.15, 0.2) is 24.3 Å². The van der Waals surface area contributed by atoms with Crippen LogP contribution in [0.5, 0.6) is 0 Å². The Bertz CT molecular complexity index is 563. The molecule has 1 aliphatic heterocycles. The second-order valence-electron chi connectivity index (χ2n) is 5.17. The van der Waals surface area contributed by atoms with E-state index < -0.39 is 17.6 Å². The molecule has 1 saturated heterocycles. The SMILES string of the molecule is COC(=O)C1CCN(C(=O)c2cccc(C(F)(F)F)c2)CC1. The van der Waals surface area contributed by atoms with E-state index >= 15 is 0 Å². The first-order valence-electron chi connectivity index (χ1n) is 6.87. The molecule has 4 nitrogen and oxygen atoms in total. The lowest BCUT2D eigenvalue weighted by atomic mass is 9.96. The first kappa shape index (κ1) is 16.3. The summed E-state index contributed by atoms with van der Waals surface area (Å²) in [4.78, 5) is 25.2. The smallest absolute Gasteiger partial charge is 0.416 e. The van der Waals surface area contributed by atoms with Gasteiger partial charge in [-0.15, -0.1) is 0 Å². The molecular weight excluding hydrogens is 299 g/mol. The summed E-state index contributed by atoms with van der Waals surface area (Å²) in [7, 11) is 1.31. The molecule has 0 bridgehead atoms. The van der Waals surface area contributed by atoms with E-state index in [9.17, 15) is 22.8 Å². The number of carbonyl (C=O) groups excluding carboxylic acids is 2. The number of ether oxygens (including phenoxy) is 1. The number of nitrogens with zero attached hydrogens (tertiary/aromatic N) is 1. The number of amides is 1. The lowest BCUT2D eigenvalue weighted by Gasteiger charge is -2.30. The third-order valence-corrected chi connectivity index (χ3v) is 3.75. The minimum absolute atomic E-state index is 0.00587. The zero-order valence-corrected chi connectivity index (χ0v) is 12.0. The summed E-state index contributed by atoms with van der Waals surface area (Å²) >= 11 is 0. The van der Waals surface area contributed by atoms with Crippen molar-refractivity contribution in [1.82, 2.24) is 4.90 Å². The Balaban J connectivity index is 2.06. The normalized spacial score (nSPS) is 16.5. The van der Waals surface area contributed by atoms with Crippen molar-refractivity contribution >= 4 is 11.9 Å². The van der Waals surface area contributed by atoms with E-state index in [0.29, 0.717) is 25.9 Å². The Kier molecular flexibility index (Phi) is 4.73. The van der Waals surface area contributed by atoms with Gasteiger partial charge in [0, 0.05) is 18.7 Å². The Labute approximate surface area is 125 Å². The molecular formula is C15H16F3NO3. The number of halogens is 3. The van der Waals surface area contributed by atoms with Crippen molar-refractivity contribution in [2.45, 2.75) is 19.0 Å². The predicted molar refractivity (Wildman–Crippen MR) is 72.1 cm³/mol. The number of esters is 1. The third kappa shape index (κ3) is 3.58. The monoisotopic (exact) mass is 315 g/mol. The number of alkyl halides is 3. The van der Waals surface area contributed by atoms with E-state index in [1.165, 1.54) is 24.1 Å². The standard InChI is InChI=1S/C15H16F3NO3/c1-22-14(21)10-5-7-19(8-6-10)13(20)11-3-2-4-12(9-11)15(16,17)18/h2-4,9-10H,5-8H2,1H3. The average molecular weight is 315 g/mol. The van der Waals surface area contributed by atoms with Crippen LogP contribution in [0.4, 0.5) is 13.2 Å². The first-order chi connectivity index (χ1) is 10.3. The highest BCUT2D eigenvalue weighted by Gasteiger charge is 2.32. The molecule has 0 aliphatic carbocycles. The van der Waals surface area contributed by atoms with Crippen LogP contribution < -0.4 is 0 Å². The van der Waals surface area contributed by atoms with Crippen LogP contribution in [0.3, 0.4) is 0 Å². The molecule has 1 aliphatic rings. The highest BCUT2D eigenvalue weighted by molar-refractivity contribution is 5.94. The zero-order chi connectivity index (χ0) is 16.3. The van der Waals surface area contributed by atoms with E-state index in [-0.39, 0.29) is 17.5 Å². The molecule has 2 rings (SSSR count). The maximum absolute atomic E-state index is 12.7. The summed E-state index contributed by atoms with van der Waals surface area (Å²) in [5, 5.41) is 0. The van der Waals surface area contributed by atoms with Crippen molar-refractivity contribution in [1.29, 1.82) is 0 Å². The molecule has 0 saturated carbocycles. The van der Waals surface area contributed by atoms with Crippen molar-refractivity contribution < 1.29 is 27.5 Å². The van der Waals surface area contributed by atoms with Gasteiger partial charge in [0.2, 0.25) is 0 Å². The fraction of sp³-hybridized carbons (Fsp3) is 0.467. The van der Waals surface area contributed by atoms with Crippen molar-refractivity contribution in [3.8, 4) is 0 Å². The molecule has 22 heavy (non-hydrogen) atoms. The molecule has 1 aromatic rings. The minimum Gasteiger partial charge on any atom is -0.469 e. The number of piperidine rings is 1. The minimum atomic E-state index is -4.48. The summed E-state index contributed by atoms with van der Waals surface area (Å²) < 4.78 is 42.7. The van der Waals surface area contributed by atoms with Crippen LogP contribution in [0.2, 0.25) is 0 Å². The number of benzene rings is 1. The Morgan fingerprint density at radius 2 is 1.86 bits per heavy atom. The van der Waals surface area contributed by atoms with Gasteiger partial charge in [0.25, 0.3) is 5.91 Å². The number of hydrogen-bond acceptors (Lipinski definition) is 3. The second-order valence-corrected chi connectivity index (χ2v) is 5.17. The average Bonchev–Trinajstić information content (AvgIpc) is 2.53. The van der Waals surface area contributed by atoms with Gasteiger partial charge < -0.3 is 9.64 Å². The quantitative estimate of drug-likeness (QED) is 0.788. The second kappa shape index (κ2) is 6.37. The third-order valence-electron chi connectivity index (χ3n) is 3.75. The highest BCUT2D eigenvalue weighted by atomic mass is 19.4. The molecule has 1 amide bonds. The van der Waals surface area contributed by atoms with Gasteiger partial charge in [-0.25, -0.2) is 0 Å². The van der Waals surface area contributed by atoms with Gasteiger partial charge in [0.15, 0.2) is 0 Å². The molecule has 7 heteroatoms. The van der Waals surface area contributed by atoms with E-state index in [1.54, 1.807) is 0 Å². The molecule has 1 fully saturated rings. The van der Waals surface area contributed by atoms with Crippen LogP contribution in [0, 0.1) is 5.92 Å². The molecule has 0 atom stereocenters. The Hall–Kier alpha value is -2.05. The summed E-state index contributed by atoms with van der Waals surface area (Å²) in [6.45, 7) is 0.656. The van der Waals surface area contributed by atoms with Crippen LogP contribution in [-0.2, 0) is 15.7 Å². The molecule has 0 spiro atoms. The summed E-state index contributed by atoms with van der Waals surface area (Å²) in [5.74, 6) is -1.02. The van der Waals surface area contributed by atoms with Gasteiger partial charge in [-0.1, -0.05) is 6.07 Å². The number of methoxy groups -OCH3 is 1. The van der Waals surface area contributed by atoms with Crippen LogP contribution in [-0.4, -0.2) is 37.0 Å². The Morgan fingerprint density at radius 1 is 1.23 bits per heavy atom. The first-order valence-corrected chi connectivity index (χ1v) is 6.87. The lowest BCUT2D eigenvalue weighted by Crippen LogP contribution is -2.40. The maximum atomic E-state index is 12.7. The number of carbonyl (C=O) groups is 2. The molecule has 0 aromatic heterocycles. The van der Waals surface area contributed by atoms with Crippen molar-refractivity contribution in [3.05, 3.63) is 35.4 Å². The van der Waals surface area contributed by atoms with Crippen LogP contribution in [0.1, 0.15) is 28.8 Å². The number of hydrogen-bond donors (Lipinski definition) is 0. The fourth-order valence-electron chi connectivity index (χ4n) is 2.50. The van der Waals surface area contributed by atoms with Gasteiger partial charge in [0.1, 0.15) is 0 Å². The summed E-state index contributed by atoms with van der Waals surface area (Å²) in [6, 6.07) is 4.37. The van der Waals surface area contributed by atoms with Gasteiger partial charge in [0.05, 0.1) is 18.6 Å². The lowest BCUT2D eigenvalue weighted by molar-refractivity contribution is -0.146. The summed E-state index contributed by atoms with van der Waals surface area (Å²) in [6.07, 6.45) is -3.57. The Morgan fingerprint density at radius 3 is 2.41 bits per heavy atom. The zero-order valence-electron chi connectivity index (χ0n) is 12.0. The summed E-state index contributed by atoms with van der Waals surface area (Å²) in [5.41, 5.74) is -0.839. The van der Waals surface area contributed by atoms with Gasteiger partial charge in [-0.3, -0.25) is 9.59 Å². The highest BCUT2D eigenvalue weighted by Crippen LogP contribution is 2.30. The van der Waals surface area contributed by atoms with Crippen LogP contribution in [0.25, 0.3) is 0 Å². The van der Waals surface area contributed by atoms with Crippen LogP contribution >= 0.6 is 0 Å². The van der Waals surface area contributed by atoms with Gasteiger partial charge in [-0.2, -0.15) is 13.2 Å². The molecule has 0 N–H and O–H groups in total. The van der Waals surface area contributed by atoms with E-state index in [4.69, 9.17) is 0 Å². The number of rotatable bonds is 2.